The topological polar surface area (TPSA) is 25.2 Å². The molecule has 1 aromatic carbocycles. The molecule has 104 valence electrons. The highest BCUT2D eigenvalue weighted by molar-refractivity contribution is 5.84. The summed E-state index contributed by atoms with van der Waals surface area (Å²) in [5.41, 5.74) is 1.39. The van der Waals surface area contributed by atoms with Gasteiger partial charge in [-0.3, -0.25) is 4.79 Å². The molecule has 0 radical (unpaired) electrons. The average molecular weight is 268 g/mol. The first-order valence-electron chi connectivity index (χ1n) is 7.57. The molecule has 0 spiro atoms. The molecule has 3 fully saturated rings. The lowest BCUT2D eigenvalue weighted by molar-refractivity contribution is 0.0556. The Hall–Kier alpha value is -1.61. The van der Waals surface area contributed by atoms with Gasteiger partial charge in [0.2, 0.25) is 0 Å². The van der Waals surface area contributed by atoms with E-state index in [1.165, 1.54) is 31.5 Å². The van der Waals surface area contributed by atoms with E-state index < -0.39 is 0 Å². The van der Waals surface area contributed by atoms with E-state index in [0.29, 0.717) is 12.0 Å². The Morgan fingerprint density at radius 1 is 1.10 bits per heavy atom. The fourth-order valence-electron chi connectivity index (χ4n) is 3.98. The Morgan fingerprint density at radius 3 is 2.45 bits per heavy atom. The van der Waals surface area contributed by atoms with Gasteiger partial charge in [0.25, 0.3) is 5.56 Å². The maximum absolute atomic E-state index is 12.8. The van der Waals surface area contributed by atoms with Crippen molar-refractivity contribution in [3.63, 3.8) is 0 Å². The number of fused-ring (bicyclic) bond motifs is 4. The largest absolute Gasteiger partial charge is 0.310 e. The van der Waals surface area contributed by atoms with E-state index in [0.717, 1.165) is 17.3 Å². The summed E-state index contributed by atoms with van der Waals surface area (Å²) in [5, 5.41) is 1.96. The third-order valence-corrected chi connectivity index (χ3v) is 5.13. The fourth-order valence-corrected chi connectivity index (χ4v) is 3.98. The Labute approximate surface area is 118 Å². The van der Waals surface area contributed by atoms with Gasteiger partial charge in [-0.2, -0.15) is 0 Å². The minimum Gasteiger partial charge on any atom is -0.310 e. The van der Waals surface area contributed by atoms with Crippen molar-refractivity contribution in [1.29, 1.82) is 0 Å². The number of hydrogen-bond acceptors (Lipinski definition) is 2. The van der Waals surface area contributed by atoms with E-state index in [1.807, 2.05) is 28.8 Å². The Balaban J connectivity index is 1.88. The molecule has 0 amide bonds. The van der Waals surface area contributed by atoms with Crippen molar-refractivity contribution in [2.45, 2.75) is 25.8 Å². The average Bonchev–Trinajstić information content (AvgIpc) is 2.52. The minimum absolute atomic E-state index is 0.185. The van der Waals surface area contributed by atoms with Crippen LogP contribution in [0.15, 0.2) is 35.3 Å². The van der Waals surface area contributed by atoms with Crippen LogP contribution in [0.3, 0.4) is 0 Å². The summed E-state index contributed by atoms with van der Waals surface area (Å²) in [6.45, 7) is 5.58. The van der Waals surface area contributed by atoms with Crippen LogP contribution in [0.4, 0.5) is 0 Å². The van der Waals surface area contributed by atoms with Crippen LogP contribution in [0.1, 0.15) is 24.4 Å². The van der Waals surface area contributed by atoms with E-state index in [-0.39, 0.29) is 5.56 Å². The number of hydrogen-bond donors (Lipinski definition) is 0. The summed E-state index contributed by atoms with van der Waals surface area (Å²) in [7, 11) is 0. The van der Waals surface area contributed by atoms with Crippen LogP contribution in [0, 0.1) is 12.8 Å². The van der Waals surface area contributed by atoms with E-state index in [4.69, 9.17) is 0 Å². The second-order valence-electron chi connectivity index (χ2n) is 6.28. The van der Waals surface area contributed by atoms with Crippen molar-refractivity contribution >= 4 is 10.8 Å². The Bertz CT molecular complexity index is 710. The third kappa shape index (κ3) is 1.73. The normalized spacial score (nSPS) is 28.9. The third-order valence-electron chi connectivity index (χ3n) is 5.13. The minimum atomic E-state index is 0.185. The highest BCUT2D eigenvalue weighted by Crippen LogP contribution is 2.35. The first-order valence-corrected chi connectivity index (χ1v) is 7.57. The summed E-state index contributed by atoms with van der Waals surface area (Å²) in [6.07, 6.45) is 4.56. The maximum Gasteiger partial charge on any atom is 0.258 e. The van der Waals surface area contributed by atoms with Crippen molar-refractivity contribution in [3.8, 4) is 0 Å². The summed E-state index contributed by atoms with van der Waals surface area (Å²) in [5.74, 6) is 0.679. The van der Waals surface area contributed by atoms with Crippen LogP contribution in [0.2, 0.25) is 0 Å². The molecule has 2 bridgehead atoms. The second-order valence-corrected chi connectivity index (χ2v) is 6.28. The van der Waals surface area contributed by atoms with E-state index in [1.54, 1.807) is 0 Å². The zero-order valence-electron chi connectivity index (χ0n) is 11.9. The van der Waals surface area contributed by atoms with Gasteiger partial charge in [-0.1, -0.05) is 18.2 Å². The van der Waals surface area contributed by atoms with Gasteiger partial charge in [-0.15, -0.1) is 0 Å². The van der Waals surface area contributed by atoms with Gasteiger partial charge in [0.1, 0.15) is 0 Å². The molecule has 3 aliphatic heterocycles. The molecular formula is C17H20N2O. The lowest BCUT2D eigenvalue weighted by Crippen LogP contribution is -2.50. The Kier molecular flexibility index (Phi) is 2.71. The number of aryl methyl sites for hydroxylation is 1. The number of nitrogens with zero attached hydrogens (tertiary/aromatic N) is 2. The number of aromatic nitrogens is 1. The van der Waals surface area contributed by atoms with Gasteiger partial charge in [0.05, 0.1) is 6.04 Å². The van der Waals surface area contributed by atoms with E-state index in [9.17, 15) is 4.79 Å². The number of piperidine rings is 3. The summed E-state index contributed by atoms with van der Waals surface area (Å²) < 4.78 is 2.02. The lowest BCUT2D eigenvalue weighted by atomic mass is 9.83. The molecule has 3 nitrogen and oxygen atoms in total. The molecule has 1 unspecified atom stereocenters. The lowest BCUT2D eigenvalue weighted by Gasteiger charge is -2.45. The van der Waals surface area contributed by atoms with Crippen molar-refractivity contribution in [2.24, 2.45) is 5.92 Å². The van der Waals surface area contributed by atoms with Gasteiger partial charge >= 0.3 is 0 Å². The van der Waals surface area contributed by atoms with Crippen LogP contribution in [-0.2, 0) is 0 Å². The van der Waals surface area contributed by atoms with Crippen LogP contribution in [0.25, 0.3) is 10.8 Å². The first-order chi connectivity index (χ1) is 9.74. The molecule has 0 N–H and O–H groups in total. The van der Waals surface area contributed by atoms with E-state index in [2.05, 4.69) is 18.0 Å². The molecule has 4 heterocycles. The summed E-state index contributed by atoms with van der Waals surface area (Å²) in [4.78, 5) is 15.3. The SMILES string of the molecule is Cc1cn(C2CN3CCC2CC3)c(=O)c2ccccc12. The van der Waals surface area contributed by atoms with Crippen molar-refractivity contribution in [2.75, 3.05) is 19.6 Å². The molecule has 1 aromatic heterocycles. The van der Waals surface area contributed by atoms with Crippen molar-refractivity contribution < 1.29 is 0 Å². The van der Waals surface area contributed by atoms with Crippen molar-refractivity contribution in [1.82, 2.24) is 9.47 Å². The predicted molar refractivity (Wildman–Crippen MR) is 81.1 cm³/mol. The Morgan fingerprint density at radius 2 is 1.80 bits per heavy atom. The summed E-state index contributed by atoms with van der Waals surface area (Å²) in [6, 6.07) is 8.35. The molecule has 0 saturated carbocycles. The first kappa shape index (κ1) is 12.2. The molecule has 0 aliphatic carbocycles. The second kappa shape index (κ2) is 4.45. The van der Waals surface area contributed by atoms with Gasteiger partial charge in [-0.05, 0) is 55.8 Å². The predicted octanol–water partition coefficient (Wildman–Crippen LogP) is 2.58. The zero-order chi connectivity index (χ0) is 13.7. The maximum atomic E-state index is 12.8. The van der Waals surface area contributed by atoms with Gasteiger partial charge in [0, 0.05) is 18.1 Å². The molecule has 5 rings (SSSR count). The molecule has 3 heteroatoms. The fraction of sp³-hybridized carbons (Fsp3) is 0.471. The molecule has 20 heavy (non-hydrogen) atoms. The molecule has 2 aromatic rings. The van der Waals surface area contributed by atoms with Crippen molar-refractivity contribution in [3.05, 3.63) is 46.4 Å². The van der Waals surface area contributed by atoms with Crippen LogP contribution < -0.4 is 5.56 Å². The zero-order valence-corrected chi connectivity index (χ0v) is 11.9. The van der Waals surface area contributed by atoms with Crippen LogP contribution in [0.5, 0.6) is 0 Å². The molecule has 3 saturated heterocycles. The smallest absolute Gasteiger partial charge is 0.258 e. The molecular weight excluding hydrogens is 248 g/mol. The summed E-state index contributed by atoms with van der Waals surface area (Å²) >= 11 is 0. The standard InChI is InChI=1S/C17H20N2O/c1-12-10-19(16-11-18-8-6-13(16)7-9-18)17(20)15-5-3-2-4-14(12)15/h2-5,10,13,16H,6-9,11H2,1H3. The number of rotatable bonds is 1. The molecule has 3 aliphatic rings. The van der Waals surface area contributed by atoms with Gasteiger partial charge in [0.15, 0.2) is 0 Å². The number of pyridine rings is 1. The van der Waals surface area contributed by atoms with Crippen LogP contribution in [-0.4, -0.2) is 29.1 Å². The quantitative estimate of drug-likeness (QED) is 0.794. The van der Waals surface area contributed by atoms with Gasteiger partial charge < -0.3 is 9.47 Å². The van der Waals surface area contributed by atoms with Crippen LogP contribution >= 0.6 is 0 Å². The molecule has 1 atom stereocenters. The van der Waals surface area contributed by atoms with E-state index >= 15 is 0 Å². The highest BCUT2D eigenvalue weighted by Gasteiger charge is 2.35. The highest BCUT2D eigenvalue weighted by atomic mass is 16.1. The number of benzene rings is 1. The van der Waals surface area contributed by atoms with Gasteiger partial charge in [-0.25, -0.2) is 0 Å². The monoisotopic (exact) mass is 268 g/mol.